The van der Waals surface area contributed by atoms with E-state index in [-0.39, 0.29) is 5.69 Å². The minimum absolute atomic E-state index is 0.205. The van der Waals surface area contributed by atoms with Crippen molar-refractivity contribution >= 4 is 17.0 Å². The average molecular weight is 272 g/mol. The van der Waals surface area contributed by atoms with Crippen molar-refractivity contribution in [3.05, 3.63) is 45.2 Å². The Balaban J connectivity index is 2.13. The van der Waals surface area contributed by atoms with Gasteiger partial charge in [0.2, 0.25) is 0 Å². The molecule has 2 aromatic rings. The summed E-state index contributed by atoms with van der Waals surface area (Å²) in [5, 5.41) is 3.78. The second-order valence-electron chi connectivity index (χ2n) is 3.85. The van der Waals surface area contributed by atoms with E-state index in [2.05, 4.69) is 10.3 Å². The molecule has 1 aromatic carbocycles. The van der Waals surface area contributed by atoms with Crippen LogP contribution in [0.4, 0.5) is 18.9 Å². The summed E-state index contributed by atoms with van der Waals surface area (Å²) in [5.74, 6) is -3.85. The zero-order chi connectivity index (χ0) is 13.3. The van der Waals surface area contributed by atoms with Gasteiger partial charge in [0.1, 0.15) is 0 Å². The molecule has 0 radical (unpaired) electrons. The topological polar surface area (TPSA) is 24.9 Å². The summed E-state index contributed by atoms with van der Waals surface area (Å²) < 4.78 is 38.7. The highest BCUT2D eigenvalue weighted by molar-refractivity contribution is 7.11. The van der Waals surface area contributed by atoms with E-state index < -0.39 is 17.5 Å². The predicted octanol–water partition coefficient (Wildman–Crippen LogP) is 3.79. The van der Waals surface area contributed by atoms with Gasteiger partial charge in [-0.2, -0.15) is 0 Å². The molecule has 0 aliphatic carbocycles. The van der Waals surface area contributed by atoms with Gasteiger partial charge in [0.25, 0.3) is 0 Å². The Bertz CT molecular complexity index is 558. The minimum Gasteiger partial charge on any atom is -0.380 e. The molecule has 0 amide bonds. The van der Waals surface area contributed by atoms with Gasteiger partial charge in [0, 0.05) is 22.7 Å². The third-order valence-electron chi connectivity index (χ3n) is 2.44. The Hall–Kier alpha value is -1.56. The number of halogens is 3. The highest BCUT2D eigenvalue weighted by Gasteiger charge is 2.11. The highest BCUT2D eigenvalue weighted by Crippen LogP contribution is 2.21. The molecule has 18 heavy (non-hydrogen) atoms. The predicted molar refractivity (Wildman–Crippen MR) is 65.2 cm³/mol. The number of hydrogen-bond acceptors (Lipinski definition) is 3. The molecule has 96 valence electrons. The van der Waals surface area contributed by atoms with Gasteiger partial charge >= 0.3 is 0 Å². The van der Waals surface area contributed by atoms with Gasteiger partial charge in [-0.15, -0.1) is 11.3 Å². The van der Waals surface area contributed by atoms with Crippen LogP contribution < -0.4 is 5.32 Å². The van der Waals surface area contributed by atoms with Crippen LogP contribution in [-0.4, -0.2) is 4.98 Å². The number of aromatic nitrogens is 1. The molecule has 0 aliphatic heterocycles. The number of nitrogens with one attached hydrogen (secondary N) is 1. The van der Waals surface area contributed by atoms with Crippen molar-refractivity contribution in [1.29, 1.82) is 0 Å². The molecule has 1 N–H and O–H groups in total. The van der Waals surface area contributed by atoms with Gasteiger partial charge in [-0.05, 0) is 13.8 Å². The van der Waals surface area contributed by atoms with E-state index >= 15 is 0 Å². The number of hydrogen-bond donors (Lipinski definition) is 1. The van der Waals surface area contributed by atoms with E-state index in [9.17, 15) is 13.2 Å². The Morgan fingerprint density at radius 3 is 2.28 bits per heavy atom. The Kier molecular flexibility index (Phi) is 3.56. The summed E-state index contributed by atoms with van der Waals surface area (Å²) in [7, 11) is 0. The molecule has 0 saturated heterocycles. The van der Waals surface area contributed by atoms with E-state index in [0.29, 0.717) is 6.54 Å². The zero-order valence-corrected chi connectivity index (χ0v) is 10.7. The maximum atomic E-state index is 13.0. The van der Waals surface area contributed by atoms with Gasteiger partial charge < -0.3 is 5.32 Å². The van der Waals surface area contributed by atoms with E-state index in [1.807, 2.05) is 13.8 Å². The van der Waals surface area contributed by atoms with Crippen LogP contribution in [0.2, 0.25) is 0 Å². The van der Waals surface area contributed by atoms with Crippen LogP contribution in [0.5, 0.6) is 0 Å². The first-order valence-corrected chi connectivity index (χ1v) is 6.10. The fourth-order valence-electron chi connectivity index (χ4n) is 1.58. The maximum absolute atomic E-state index is 13.0. The minimum atomic E-state index is -1.45. The molecule has 2 nitrogen and oxygen atoms in total. The van der Waals surface area contributed by atoms with Crippen LogP contribution in [0, 0.1) is 31.3 Å². The van der Waals surface area contributed by atoms with Crippen LogP contribution in [-0.2, 0) is 6.54 Å². The second kappa shape index (κ2) is 4.97. The van der Waals surface area contributed by atoms with Crippen molar-refractivity contribution in [3.8, 4) is 0 Å². The fourth-order valence-corrected chi connectivity index (χ4v) is 2.45. The third kappa shape index (κ3) is 2.64. The second-order valence-corrected chi connectivity index (χ2v) is 5.14. The van der Waals surface area contributed by atoms with Gasteiger partial charge in [0.15, 0.2) is 17.5 Å². The fraction of sp³-hybridized carbons (Fsp3) is 0.250. The first kappa shape index (κ1) is 12.9. The van der Waals surface area contributed by atoms with Gasteiger partial charge in [0.05, 0.1) is 17.2 Å². The van der Waals surface area contributed by atoms with Crippen LogP contribution >= 0.6 is 11.3 Å². The molecule has 6 heteroatoms. The molecule has 2 rings (SSSR count). The van der Waals surface area contributed by atoms with E-state index in [1.54, 1.807) is 0 Å². The number of rotatable bonds is 3. The van der Waals surface area contributed by atoms with Crippen LogP contribution in [0.1, 0.15) is 15.6 Å². The highest BCUT2D eigenvalue weighted by atomic mass is 32.1. The largest absolute Gasteiger partial charge is 0.380 e. The number of nitrogens with zero attached hydrogens (tertiary/aromatic N) is 1. The summed E-state index contributed by atoms with van der Waals surface area (Å²) in [4.78, 5) is 5.23. The Morgan fingerprint density at radius 1 is 1.17 bits per heavy atom. The molecular weight excluding hydrogens is 261 g/mol. The molecule has 0 unspecified atom stereocenters. The van der Waals surface area contributed by atoms with Crippen LogP contribution in [0.3, 0.4) is 0 Å². The maximum Gasteiger partial charge on any atom is 0.194 e. The van der Waals surface area contributed by atoms with Gasteiger partial charge in [-0.25, -0.2) is 18.2 Å². The first-order chi connectivity index (χ1) is 8.47. The van der Waals surface area contributed by atoms with Gasteiger partial charge in [-0.1, -0.05) is 0 Å². The third-order valence-corrected chi connectivity index (χ3v) is 3.51. The van der Waals surface area contributed by atoms with Crippen molar-refractivity contribution < 1.29 is 13.2 Å². The smallest absolute Gasteiger partial charge is 0.194 e. The lowest BCUT2D eigenvalue weighted by atomic mass is 10.2. The summed E-state index contributed by atoms with van der Waals surface area (Å²) >= 11 is 1.51. The molecule has 0 saturated carbocycles. The summed E-state index contributed by atoms with van der Waals surface area (Å²) in [6.45, 7) is 4.16. The SMILES string of the molecule is Cc1nc(C)c(CNc2cc(F)c(F)c(F)c2)s1. The Labute approximate surface area is 106 Å². The van der Waals surface area contributed by atoms with Crippen molar-refractivity contribution in [2.24, 2.45) is 0 Å². The van der Waals surface area contributed by atoms with Crippen LogP contribution in [0.15, 0.2) is 12.1 Å². The first-order valence-electron chi connectivity index (χ1n) is 5.28. The standard InChI is InChI=1S/C12H11F3N2S/c1-6-11(18-7(2)17-6)5-16-8-3-9(13)12(15)10(14)4-8/h3-4,16H,5H2,1-2H3. The van der Waals surface area contributed by atoms with E-state index in [1.165, 1.54) is 11.3 Å². The number of thiazole rings is 1. The number of benzene rings is 1. The van der Waals surface area contributed by atoms with Crippen molar-refractivity contribution in [2.75, 3.05) is 5.32 Å². The summed E-state index contributed by atoms with van der Waals surface area (Å²) in [5.41, 5.74) is 1.09. The molecule has 1 heterocycles. The van der Waals surface area contributed by atoms with Crippen molar-refractivity contribution in [2.45, 2.75) is 20.4 Å². The quantitative estimate of drug-likeness (QED) is 0.860. The molecule has 0 bridgehead atoms. The van der Waals surface area contributed by atoms with Crippen LogP contribution in [0.25, 0.3) is 0 Å². The van der Waals surface area contributed by atoms with Crippen molar-refractivity contribution in [3.63, 3.8) is 0 Å². The lowest BCUT2D eigenvalue weighted by Gasteiger charge is -2.06. The van der Waals surface area contributed by atoms with E-state index in [4.69, 9.17) is 0 Å². The summed E-state index contributed by atoms with van der Waals surface area (Å²) in [6.07, 6.45) is 0. The molecule has 0 atom stereocenters. The molecule has 0 aliphatic rings. The molecule has 1 aromatic heterocycles. The van der Waals surface area contributed by atoms with E-state index in [0.717, 1.165) is 27.7 Å². The lowest BCUT2D eigenvalue weighted by molar-refractivity contribution is 0.447. The Morgan fingerprint density at radius 2 is 1.78 bits per heavy atom. The number of anilines is 1. The summed E-state index contributed by atoms with van der Waals surface area (Å²) in [6, 6.07) is 1.86. The normalized spacial score (nSPS) is 10.7. The molecular formula is C12H11F3N2S. The van der Waals surface area contributed by atoms with Gasteiger partial charge in [-0.3, -0.25) is 0 Å². The lowest BCUT2D eigenvalue weighted by Crippen LogP contribution is -2.01. The average Bonchev–Trinajstić information content (AvgIpc) is 2.62. The zero-order valence-electron chi connectivity index (χ0n) is 9.85. The number of aryl methyl sites for hydroxylation is 2. The van der Waals surface area contributed by atoms with Crippen molar-refractivity contribution in [1.82, 2.24) is 4.98 Å². The molecule has 0 spiro atoms. The monoisotopic (exact) mass is 272 g/mol. The molecule has 0 fully saturated rings.